The van der Waals surface area contributed by atoms with E-state index in [0.717, 1.165) is 0 Å². The molecule has 2 aromatic carbocycles. The number of aromatic amines is 1. The van der Waals surface area contributed by atoms with Crippen molar-refractivity contribution >= 4 is 40.7 Å². The Morgan fingerprint density at radius 1 is 0.939 bits per heavy atom. The summed E-state index contributed by atoms with van der Waals surface area (Å²) in [4.78, 5) is 65.6. The zero-order valence-corrected chi connectivity index (χ0v) is 18.8. The molecule has 0 saturated heterocycles. The highest BCUT2D eigenvalue weighted by molar-refractivity contribution is 6.41. The van der Waals surface area contributed by atoms with Crippen molar-refractivity contribution in [2.75, 3.05) is 6.61 Å². The first kappa shape index (κ1) is 22.4. The number of carbonyl (C=O) groups is 5. The van der Waals surface area contributed by atoms with Gasteiger partial charge in [-0.05, 0) is 38.5 Å². The van der Waals surface area contributed by atoms with Gasteiger partial charge in [0.05, 0.1) is 21.8 Å². The molecule has 0 unspecified atom stereocenters. The lowest BCUT2D eigenvalue weighted by atomic mass is 9.83. The molecule has 4 rings (SSSR count). The van der Waals surface area contributed by atoms with E-state index in [4.69, 9.17) is 16.3 Å². The topological polar surface area (TPSA) is 110 Å². The highest BCUT2D eigenvalue weighted by Gasteiger charge is 2.33. The van der Waals surface area contributed by atoms with Gasteiger partial charge in [-0.1, -0.05) is 35.9 Å². The van der Waals surface area contributed by atoms with Crippen LogP contribution in [-0.2, 0) is 4.74 Å². The zero-order valence-electron chi connectivity index (χ0n) is 18.0. The summed E-state index contributed by atoms with van der Waals surface area (Å²) in [6, 6.07) is 9.02. The van der Waals surface area contributed by atoms with Crippen LogP contribution in [0.5, 0.6) is 0 Å². The molecule has 33 heavy (non-hydrogen) atoms. The molecule has 0 radical (unpaired) electrons. The molecule has 0 saturated carbocycles. The first-order chi connectivity index (χ1) is 15.6. The van der Waals surface area contributed by atoms with Crippen molar-refractivity contribution in [3.05, 3.63) is 91.8 Å². The molecule has 166 valence electrons. The van der Waals surface area contributed by atoms with Crippen LogP contribution in [0.25, 0.3) is 0 Å². The number of ether oxygens (including phenoxy) is 1. The number of halogens is 1. The Labute approximate surface area is 193 Å². The Kier molecular flexibility index (Phi) is 5.59. The predicted molar refractivity (Wildman–Crippen MR) is 120 cm³/mol. The predicted octanol–water partition coefficient (Wildman–Crippen LogP) is 4.30. The van der Waals surface area contributed by atoms with Gasteiger partial charge < -0.3 is 9.72 Å². The van der Waals surface area contributed by atoms with Gasteiger partial charge in [0.1, 0.15) is 0 Å². The first-order valence-electron chi connectivity index (χ1n) is 10.0. The average Bonchev–Trinajstić information content (AvgIpc) is 3.09. The maximum absolute atomic E-state index is 13.0. The molecule has 1 N–H and O–H groups in total. The summed E-state index contributed by atoms with van der Waals surface area (Å²) >= 11 is 6.36. The van der Waals surface area contributed by atoms with E-state index < -0.39 is 24.1 Å². The summed E-state index contributed by atoms with van der Waals surface area (Å²) in [5.41, 5.74) is 2.02. The van der Waals surface area contributed by atoms with Crippen molar-refractivity contribution in [2.24, 2.45) is 0 Å². The van der Waals surface area contributed by atoms with Crippen LogP contribution in [0.1, 0.15) is 81.2 Å². The van der Waals surface area contributed by atoms with Crippen molar-refractivity contribution in [3.8, 4) is 0 Å². The summed E-state index contributed by atoms with van der Waals surface area (Å²) in [5.74, 6) is -2.45. The molecule has 3 aromatic rings. The number of H-pyrrole nitrogens is 1. The first-order valence-corrected chi connectivity index (χ1v) is 10.4. The highest BCUT2D eigenvalue weighted by atomic mass is 35.5. The monoisotopic (exact) mass is 463 g/mol. The summed E-state index contributed by atoms with van der Waals surface area (Å²) in [6.45, 7) is 4.12. The van der Waals surface area contributed by atoms with E-state index in [9.17, 15) is 24.0 Å². The molecule has 1 aliphatic carbocycles. The maximum Gasteiger partial charge on any atom is 0.340 e. The standard InChI is InChI=1S/C25H18ClNO6/c1-11-19(13(3)28)12(2)27-22(11)18(29)10-33-25(32)17-9-8-16-20(21(17)26)24(31)15-7-5-4-6-14(15)23(16)30/h4-9,27H,10H2,1-3H3. The van der Waals surface area contributed by atoms with Crippen LogP contribution in [0.15, 0.2) is 36.4 Å². The molecule has 0 aliphatic heterocycles. The fraction of sp³-hybridized carbons (Fsp3) is 0.160. The molecule has 1 aliphatic rings. The van der Waals surface area contributed by atoms with E-state index in [1.807, 2.05) is 0 Å². The van der Waals surface area contributed by atoms with Gasteiger partial charge in [0.25, 0.3) is 0 Å². The van der Waals surface area contributed by atoms with Gasteiger partial charge in [0.15, 0.2) is 24.0 Å². The molecular weight excluding hydrogens is 446 g/mol. The van der Waals surface area contributed by atoms with Gasteiger partial charge in [0.2, 0.25) is 5.78 Å². The van der Waals surface area contributed by atoms with Gasteiger partial charge in [-0.3, -0.25) is 19.2 Å². The molecule has 0 spiro atoms. The van der Waals surface area contributed by atoms with Crippen molar-refractivity contribution in [1.29, 1.82) is 0 Å². The van der Waals surface area contributed by atoms with Gasteiger partial charge in [0, 0.05) is 27.9 Å². The lowest BCUT2D eigenvalue weighted by molar-refractivity contribution is 0.0473. The third-order valence-electron chi connectivity index (χ3n) is 5.65. The summed E-state index contributed by atoms with van der Waals surface area (Å²) in [7, 11) is 0. The van der Waals surface area contributed by atoms with E-state index in [1.54, 1.807) is 32.0 Å². The van der Waals surface area contributed by atoms with Crippen molar-refractivity contribution in [3.63, 3.8) is 0 Å². The number of esters is 1. The van der Waals surface area contributed by atoms with E-state index in [0.29, 0.717) is 16.8 Å². The number of rotatable bonds is 5. The number of aromatic nitrogens is 1. The molecule has 0 atom stereocenters. The zero-order chi connectivity index (χ0) is 24.0. The molecule has 8 heteroatoms. The number of ketones is 4. The van der Waals surface area contributed by atoms with Crippen molar-refractivity contribution in [2.45, 2.75) is 20.8 Å². The second-order valence-corrected chi connectivity index (χ2v) is 8.11. The van der Waals surface area contributed by atoms with Gasteiger partial charge in [-0.25, -0.2) is 4.79 Å². The molecule has 0 fully saturated rings. The van der Waals surface area contributed by atoms with Gasteiger partial charge in [-0.2, -0.15) is 0 Å². The number of nitrogens with one attached hydrogen (secondary N) is 1. The fourth-order valence-electron chi connectivity index (χ4n) is 4.14. The second-order valence-electron chi connectivity index (χ2n) is 7.73. The number of Topliss-reactive ketones (excluding diaryl/α,β-unsaturated/α-hetero) is 2. The number of hydrogen-bond donors (Lipinski definition) is 1. The van der Waals surface area contributed by atoms with Crippen LogP contribution >= 0.6 is 11.6 Å². The largest absolute Gasteiger partial charge is 0.454 e. The summed E-state index contributed by atoms with van der Waals surface area (Å²) in [5, 5.41) is -0.205. The summed E-state index contributed by atoms with van der Waals surface area (Å²) < 4.78 is 5.14. The molecule has 1 aromatic heterocycles. The lowest BCUT2D eigenvalue weighted by Crippen LogP contribution is -2.23. The highest BCUT2D eigenvalue weighted by Crippen LogP contribution is 2.34. The average molecular weight is 464 g/mol. The molecular formula is C25H18ClNO6. The minimum atomic E-state index is -0.914. The van der Waals surface area contributed by atoms with Crippen LogP contribution in [0.3, 0.4) is 0 Å². The number of aryl methyl sites for hydroxylation is 1. The third kappa shape index (κ3) is 3.60. The van der Waals surface area contributed by atoms with E-state index >= 15 is 0 Å². The maximum atomic E-state index is 13.0. The molecule has 0 amide bonds. The number of fused-ring (bicyclic) bond motifs is 2. The Bertz CT molecular complexity index is 1400. The van der Waals surface area contributed by atoms with Crippen LogP contribution in [0, 0.1) is 13.8 Å². The minimum Gasteiger partial charge on any atom is -0.454 e. The smallest absolute Gasteiger partial charge is 0.340 e. The number of carbonyl (C=O) groups excluding carboxylic acids is 5. The SMILES string of the molecule is CC(=O)c1c(C)[nH]c(C(=O)COC(=O)c2ccc3c(c2Cl)C(=O)c2ccccc2C3=O)c1C. The minimum absolute atomic E-state index is 0.0666. The van der Waals surface area contributed by atoms with E-state index in [1.165, 1.54) is 25.1 Å². The number of benzene rings is 2. The van der Waals surface area contributed by atoms with Crippen LogP contribution in [0.2, 0.25) is 5.02 Å². The second kappa shape index (κ2) is 8.26. The van der Waals surface area contributed by atoms with Crippen LogP contribution < -0.4 is 0 Å². The van der Waals surface area contributed by atoms with E-state index in [2.05, 4.69) is 4.98 Å². The lowest BCUT2D eigenvalue weighted by Gasteiger charge is -2.19. The Hall–Kier alpha value is -3.84. The molecule has 1 heterocycles. The van der Waals surface area contributed by atoms with Crippen molar-refractivity contribution in [1.82, 2.24) is 4.98 Å². The molecule has 7 nitrogen and oxygen atoms in total. The van der Waals surface area contributed by atoms with Gasteiger partial charge >= 0.3 is 5.97 Å². The van der Waals surface area contributed by atoms with Crippen molar-refractivity contribution < 1.29 is 28.7 Å². The van der Waals surface area contributed by atoms with Crippen LogP contribution in [0.4, 0.5) is 0 Å². The van der Waals surface area contributed by atoms with Crippen LogP contribution in [-0.4, -0.2) is 40.7 Å². The number of hydrogen-bond acceptors (Lipinski definition) is 6. The Balaban J connectivity index is 1.59. The Morgan fingerprint density at radius 2 is 1.58 bits per heavy atom. The van der Waals surface area contributed by atoms with E-state index in [-0.39, 0.29) is 50.1 Å². The summed E-state index contributed by atoms with van der Waals surface area (Å²) in [6.07, 6.45) is 0. The van der Waals surface area contributed by atoms with Gasteiger partial charge in [-0.15, -0.1) is 0 Å². The third-order valence-corrected chi connectivity index (χ3v) is 6.05. The Morgan fingerprint density at radius 3 is 2.18 bits per heavy atom. The fourth-order valence-corrected chi connectivity index (χ4v) is 4.47. The molecule has 0 bridgehead atoms. The quantitative estimate of drug-likeness (QED) is 0.349. The normalized spacial score (nSPS) is 12.2.